The lowest BCUT2D eigenvalue weighted by atomic mass is 10.1. The van der Waals surface area contributed by atoms with Crippen LogP contribution in [0.25, 0.3) is 17.2 Å². The van der Waals surface area contributed by atoms with Gasteiger partial charge in [-0.2, -0.15) is 10.2 Å². The molecule has 0 aliphatic rings. The van der Waals surface area contributed by atoms with Crippen molar-refractivity contribution >= 4 is 17.5 Å². The monoisotopic (exact) mass is 480 g/mol. The molecule has 0 aliphatic carbocycles. The zero-order valence-electron chi connectivity index (χ0n) is 20.0. The van der Waals surface area contributed by atoms with E-state index in [2.05, 4.69) is 45.9 Å². The second-order valence-electron chi connectivity index (χ2n) is 8.31. The first-order valence-electron chi connectivity index (χ1n) is 11.3. The third kappa shape index (κ3) is 5.09. The van der Waals surface area contributed by atoms with Gasteiger partial charge in [-0.15, -0.1) is 0 Å². The standard InChI is InChI=1S/C25H24N10O/c1-15-11-21(31-22-12-16(2)33-34-22)32-24(29-15)19-5-7-20(26-14-19)25(36)30-17(3)18-6-8-23(27-13-18)35-10-4-9-28-35/h4-14,17H,1-3H3,(H,30,36)(H2,29,31,32,33,34). The van der Waals surface area contributed by atoms with Crippen LogP contribution in [0.2, 0.25) is 0 Å². The van der Waals surface area contributed by atoms with Gasteiger partial charge in [0.1, 0.15) is 11.5 Å². The van der Waals surface area contributed by atoms with Gasteiger partial charge in [0.2, 0.25) is 0 Å². The molecule has 0 fully saturated rings. The van der Waals surface area contributed by atoms with E-state index in [1.54, 1.807) is 35.4 Å². The van der Waals surface area contributed by atoms with Gasteiger partial charge in [-0.25, -0.2) is 19.6 Å². The van der Waals surface area contributed by atoms with Gasteiger partial charge in [0.15, 0.2) is 17.5 Å². The highest BCUT2D eigenvalue weighted by atomic mass is 16.1. The molecule has 0 aliphatic heterocycles. The lowest BCUT2D eigenvalue weighted by Crippen LogP contribution is -2.27. The normalized spacial score (nSPS) is 11.8. The van der Waals surface area contributed by atoms with E-state index in [4.69, 9.17) is 0 Å². The minimum atomic E-state index is -0.286. The van der Waals surface area contributed by atoms with E-state index < -0.39 is 0 Å². The molecule has 5 rings (SSSR count). The van der Waals surface area contributed by atoms with Crippen LogP contribution in [0.5, 0.6) is 0 Å². The number of aromatic amines is 1. The number of carbonyl (C=O) groups is 1. The number of anilines is 2. The van der Waals surface area contributed by atoms with Crippen molar-refractivity contribution in [3.05, 3.63) is 89.9 Å². The van der Waals surface area contributed by atoms with E-state index in [0.717, 1.165) is 17.0 Å². The largest absolute Gasteiger partial charge is 0.344 e. The average molecular weight is 481 g/mol. The molecule has 0 radical (unpaired) electrons. The number of hydrogen-bond donors (Lipinski definition) is 3. The van der Waals surface area contributed by atoms with Crippen molar-refractivity contribution in [1.29, 1.82) is 0 Å². The summed E-state index contributed by atoms with van der Waals surface area (Å²) in [5.74, 6) is 2.21. The van der Waals surface area contributed by atoms with Crippen molar-refractivity contribution < 1.29 is 4.79 Å². The van der Waals surface area contributed by atoms with Crippen molar-refractivity contribution in [2.75, 3.05) is 5.32 Å². The van der Waals surface area contributed by atoms with E-state index >= 15 is 0 Å². The van der Waals surface area contributed by atoms with Gasteiger partial charge < -0.3 is 10.6 Å². The molecule has 5 heterocycles. The van der Waals surface area contributed by atoms with Crippen molar-refractivity contribution in [3.63, 3.8) is 0 Å². The van der Waals surface area contributed by atoms with Gasteiger partial charge in [0, 0.05) is 53.9 Å². The van der Waals surface area contributed by atoms with Crippen LogP contribution in [0.15, 0.2) is 67.3 Å². The molecule has 0 saturated carbocycles. The summed E-state index contributed by atoms with van der Waals surface area (Å²) < 4.78 is 1.67. The van der Waals surface area contributed by atoms with E-state index in [0.29, 0.717) is 34.5 Å². The summed E-state index contributed by atoms with van der Waals surface area (Å²) >= 11 is 0. The Kier molecular flexibility index (Phi) is 6.18. The number of rotatable bonds is 7. The van der Waals surface area contributed by atoms with E-state index in [-0.39, 0.29) is 11.9 Å². The highest BCUT2D eigenvalue weighted by Crippen LogP contribution is 2.20. The van der Waals surface area contributed by atoms with Crippen LogP contribution >= 0.6 is 0 Å². The summed E-state index contributed by atoms with van der Waals surface area (Å²) in [6.07, 6.45) is 6.84. The van der Waals surface area contributed by atoms with Crippen LogP contribution in [0.4, 0.5) is 11.6 Å². The summed E-state index contributed by atoms with van der Waals surface area (Å²) in [6.45, 7) is 5.71. The molecular weight excluding hydrogens is 456 g/mol. The highest BCUT2D eigenvalue weighted by molar-refractivity contribution is 5.92. The Bertz CT molecular complexity index is 1470. The first kappa shape index (κ1) is 22.8. The molecule has 3 N–H and O–H groups in total. The summed E-state index contributed by atoms with van der Waals surface area (Å²) in [6, 6.07) is 12.5. The molecule has 1 unspecified atom stereocenters. The number of aromatic nitrogens is 8. The fourth-order valence-corrected chi connectivity index (χ4v) is 3.58. The maximum absolute atomic E-state index is 12.8. The minimum Gasteiger partial charge on any atom is -0.344 e. The average Bonchev–Trinajstić information content (AvgIpc) is 3.56. The molecule has 5 aromatic rings. The Balaban J connectivity index is 1.26. The first-order chi connectivity index (χ1) is 17.4. The van der Waals surface area contributed by atoms with Gasteiger partial charge in [-0.1, -0.05) is 6.07 Å². The Morgan fingerprint density at radius 1 is 1.03 bits per heavy atom. The summed E-state index contributed by atoms with van der Waals surface area (Å²) in [5, 5.41) is 17.4. The number of pyridine rings is 2. The Labute approximate surface area is 207 Å². The molecule has 0 aromatic carbocycles. The summed E-state index contributed by atoms with van der Waals surface area (Å²) in [5.41, 5.74) is 3.60. The second-order valence-corrected chi connectivity index (χ2v) is 8.31. The third-order valence-electron chi connectivity index (χ3n) is 5.43. The van der Waals surface area contributed by atoms with E-state index in [1.807, 2.05) is 57.3 Å². The van der Waals surface area contributed by atoms with Gasteiger partial charge in [0.05, 0.1) is 6.04 Å². The molecule has 5 aromatic heterocycles. The number of nitrogens with one attached hydrogen (secondary N) is 3. The lowest BCUT2D eigenvalue weighted by molar-refractivity contribution is 0.0935. The smallest absolute Gasteiger partial charge is 0.270 e. The molecule has 11 nitrogen and oxygen atoms in total. The van der Waals surface area contributed by atoms with Crippen molar-refractivity contribution in [3.8, 4) is 17.2 Å². The molecule has 1 amide bonds. The highest BCUT2D eigenvalue weighted by Gasteiger charge is 2.14. The number of aryl methyl sites for hydroxylation is 2. The maximum atomic E-state index is 12.8. The van der Waals surface area contributed by atoms with Crippen LogP contribution in [0, 0.1) is 13.8 Å². The molecule has 0 saturated heterocycles. The molecule has 1 atom stereocenters. The van der Waals surface area contributed by atoms with Gasteiger partial charge in [-0.3, -0.25) is 14.9 Å². The van der Waals surface area contributed by atoms with Gasteiger partial charge in [0.25, 0.3) is 5.91 Å². The van der Waals surface area contributed by atoms with E-state index in [9.17, 15) is 4.79 Å². The molecule has 0 bridgehead atoms. The Morgan fingerprint density at radius 2 is 1.92 bits per heavy atom. The zero-order chi connectivity index (χ0) is 25.1. The fourth-order valence-electron chi connectivity index (χ4n) is 3.58. The van der Waals surface area contributed by atoms with Crippen LogP contribution < -0.4 is 10.6 Å². The third-order valence-corrected chi connectivity index (χ3v) is 5.43. The Hall–Kier alpha value is -4.93. The Morgan fingerprint density at radius 3 is 2.58 bits per heavy atom. The summed E-state index contributed by atoms with van der Waals surface area (Å²) in [4.78, 5) is 30.6. The molecule has 36 heavy (non-hydrogen) atoms. The van der Waals surface area contributed by atoms with Crippen LogP contribution in [-0.4, -0.2) is 45.8 Å². The van der Waals surface area contributed by atoms with Crippen molar-refractivity contribution in [1.82, 2.24) is 45.2 Å². The lowest BCUT2D eigenvalue weighted by Gasteiger charge is -2.14. The quantitative estimate of drug-likeness (QED) is 0.320. The van der Waals surface area contributed by atoms with Crippen LogP contribution in [0.3, 0.4) is 0 Å². The number of carbonyl (C=O) groups excluding carboxylic acids is 1. The van der Waals surface area contributed by atoms with Gasteiger partial charge >= 0.3 is 0 Å². The number of H-pyrrole nitrogens is 1. The zero-order valence-corrected chi connectivity index (χ0v) is 20.0. The van der Waals surface area contributed by atoms with Gasteiger partial charge in [-0.05, 0) is 50.6 Å². The molecule has 0 spiro atoms. The SMILES string of the molecule is Cc1cc(Nc2cc(C)[nH]n2)nc(-c2ccc(C(=O)NC(C)c3ccc(-n4cccn4)nc3)nc2)n1. The topological polar surface area (TPSA) is 139 Å². The predicted octanol–water partition coefficient (Wildman–Crippen LogP) is 3.69. The molecule has 180 valence electrons. The number of nitrogens with zero attached hydrogens (tertiary/aromatic N) is 7. The maximum Gasteiger partial charge on any atom is 0.270 e. The van der Waals surface area contributed by atoms with Crippen molar-refractivity contribution in [2.24, 2.45) is 0 Å². The molecule has 11 heteroatoms. The van der Waals surface area contributed by atoms with E-state index in [1.165, 1.54) is 0 Å². The summed E-state index contributed by atoms with van der Waals surface area (Å²) in [7, 11) is 0. The van der Waals surface area contributed by atoms with Crippen LogP contribution in [0.1, 0.15) is 40.4 Å². The molecular formula is C25H24N10O. The first-order valence-corrected chi connectivity index (χ1v) is 11.3. The minimum absolute atomic E-state index is 0.252. The second kappa shape index (κ2) is 9.74. The number of hydrogen-bond acceptors (Lipinski definition) is 8. The number of amides is 1. The van der Waals surface area contributed by atoms with Crippen LogP contribution in [-0.2, 0) is 0 Å². The predicted molar refractivity (Wildman–Crippen MR) is 134 cm³/mol. The van der Waals surface area contributed by atoms with Crippen molar-refractivity contribution in [2.45, 2.75) is 26.8 Å². The fraction of sp³-hybridized carbons (Fsp3) is 0.160.